The highest BCUT2D eigenvalue weighted by Crippen LogP contribution is 2.22. The van der Waals surface area contributed by atoms with Crippen LogP contribution in [0.1, 0.15) is 19.0 Å². The van der Waals surface area contributed by atoms with E-state index in [0.29, 0.717) is 17.4 Å². The van der Waals surface area contributed by atoms with Gasteiger partial charge in [0.25, 0.3) is 0 Å². The summed E-state index contributed by atoms with van der Waals surface area (Å²) in [5.74, 6) is 1.01. The summed E-state index contributed by atoms with van der Waals surface area (Å²) in [5, 5.41) is 9.63. The van der Waals surface area contributed by atoms with E-state index < -0.39 is 0 Å². The first-order valence-corrected chi connectivity index (χ1v) is 5.38. The lowest BCUT2D eigenvalue weighted by molar-refractivity contribution is 0.397. The second-order valence-corrected chi connectivity index (χ2v) is 3.58. The van der Waals surface area contributed by atoms with Gasteiger partial charge >= 0.3 is 0 Å². The Morgan fingerprint density at radius 1 is 1.41 bits per heavy atom. The van der Waals surface area contributed by atoms with E-state index in [-0.39, 0.29) is 5.88 Å². The first-order chi connectivity index (χ1) is 8.24. The quantitative estimate of drug-likeness (QED) is 0.838. The molecule has 0 amide bonds. The van der Waals surface area contributed by atoms with Crippen molar-refractivity contribution in [1.82, 2.24) is 19.9 Å². The molecule has 0 spiro atoms. The molecular formula is C11H14N4O2. The van der Waals surface area contributed by atoms with Crippen molar-refractivity contribution in [3.8, 4) is 23.3 Å². The van der Waals surface area contributed by atoms with Gasteiger partial charge in [0.2, 0.25) is 11.8 Å². The second kappa shape index (κ2) is 4.82. The van der Waals surface area contributed by atoms with Gasteiger partial charge in [0, 0.05) is 6.07 Å². The van der Waals surface area contributed by atoms with Crippen molar-refractivity contribution >= 4 is 0 Å². The van der Waals surface area contributed by atoms with E-state index in [9.17, 15) is 5.11 Å². The van der Waals surface area contributed by atoms with Gasteiger partial charge < -0.3 is 14.8 Å². The average molecular weight is 234 g/mol. The summed E-state index contributed by atoms with van der Waals surface area (Å²) in [4.78, 5) is 15.1. The second-order valence-electron chi connectivity index (χ2n) is 3.58. The number of aromatic hydroxyl groups is 1. The maximum absolute atomic E-state index is 9.63. The van der Waals surface area contributed by atoms with Crippen LogP contribution in [0.3, 0.4) is 0 Å². The molecule has 6 heteroatoms. The summed E-state index contributed by atoms with van der Waals surface area (Å²) >= 11 is 0. The van der Waals surface area contributed by atoms with Crippen molar-refractivity contribution in [3.63, 3.8) is 0 Å². The molecule has 0 fully saturated rings. The SMILES string of the molecule is CCCc1[nH]c(-c2cc(OC)ncn2)nc1O. The number of aromatic nitrogens is 4. The standard InChI is InChI=1S/C11H14N4O2/c1-3-4-7-11(16)15-10(14-7)8-5-9(17-2)13-6-12-8/h5-6,16H,3-4H2,1-2H3,(H,14,15). The molecule has 2 aromatic heterocycles. The van der Waals surface area contributed by atoms with Crippen molar-refractivity contribution in [1.29, 1.82) is 0 Å². The van der Waals surface area contributed by atoms with Crippen LogP contribution in [0, 0.1) is 0 Å². The Kier molecular flexibility index (Phi) is 3.22. The van der Waals surface area contributed by atoms with Crippen LogP contribution in [0.5, 0.6) is 11.8 Å². The molecule has 0 bridgehead atoms. The molecule has 2 aromatic rings. The molecule has 0 aliphatic carbocycles. The molecule has 90 valence electrons. The van der Waals surface area contributed by atoms with E-state index in [1.165, 1.54) is 13.4 Å². The van der Waals surface area contributed by atoms with Crippen LogP contribution in [0.15, 0.2) is 12.4 Å². The van der Waals surface area contributed by atoms with Crippen LogP contribution in [-0.4, -0.2) is 32.2 Å². The molecule has 0 saturated heterocycles. The molecule has 6 nitrogen and oxygen atoms in total. The lowest BCUT2D eigenvalue weighted by Crippen LogP contribution is -1.92. The van der Waals surface area contributed by atoms with Gasteiger partial charge in [-0.05, 0) is 6.42 Å². The molecule has 2 rings (SSSR count). The summed E-state index contributed by atoms with van der Waals surface area (Å²) in [5.41, 5.74) is 1.31. The Balaban J connectivity index is 2.35. The zero-order valence-electron chi connectivity index (χ0n) is 9.77. The van der Waals surface area contributed by atoms with Crippen molar-refractivity contribution < 1.29 is 9.84 Å². The minimum atomic E-state index is 0.0272. The first-order valence-electron chi connectivity index (χ1n) is 5.38. The normalized spacial score (nSPS) is 10.5. The highest BCUT2D eigenvalue weighted by atomic mass is 16.5. The number of hydrogen-bond donors (Lipinski definition) is 2. The van der Waals surface area contributed by atoms with Gasteiger partial charge in [-0.3, -0.25) is 0 Å². The van der Waals surface area contributed by atoms with Gasteiger partial charge in [-0.25, -0.2) is 9.97 Å². The number of hydrogen-bond acceptors (Lipinski definition) is 5. The Morgan fingerprint density at radius 2 is 2.24 bits per heavy atom. The predicted molar refractivity (Wildman–Crippen MR) is 61.8 cm³/mol. The number of nitrogens with zero attached hydrogens (tertiary/aromatic N) is 3. The Hall–Kier alpha value is -2.11. The van der Waals surface area contributed by atoms with Crippen molar-refractivity contribution in [2.75, 3.05) is 7.11 Å². The van der Waals surface area contributed by atoms with Crippen molar-refractivity contribution in [2.24, 2.45) is 0 Å². The molecule has 17 heavy (non-hydrogen) atoms. The smallest absolute Gasteiger partial charge is 0.232 e. The van der Waals surface area contributed by atoms with E-state index in [0.717, 1.165) is 18.5 Å². The molecule has 0 radical (unpaired) electrons. The largest absolute Gasteiger partial charge is 0.492 e. The highest BCUT2D eigenvalue weighted by Gasteiger charge is 2.11. The zero-order valence-corrected chi connectivity index (χ0v) is 9.77. The number of aryl methyl sites for hydroxylation is 1. The topological polar surface area (TPSA) is 83.9 Å². The average Bonchev–Trinajstić information content (AvgIpc) is 2.72. The monoisotopic (exact) mass is 234 g/mol. The molecular weight excluding hydrogens is 220 g/mol. The van der Waals surface area contributed by atoms with Gasteiger partial charge in [-0.1, -0.05) is 13.3 Å². The van der Waals surface area contributed by atoms with Gasteiger partial charge in [-0.15, -0.1) is 0 Å². The molecule has 0 aromatic carbocycles. The van der Waals surface area contributed by atoms with E-state index in [2.05, 4.69) is 19.9 Å². The Bertz CT molecular complexity index is 510. The van der Waals surface area contributed by atoms with Gasteiger partial charge in [0.05, 0.1) is 12.8 Å². The summed E-state index contributed by atoms with van der Waals surface area (Å²) in [7, 11) is 1.54. The fraction of sp³-hybridized carbons (Fsp3) is 0.364. The lowest BCUT2D eigenvalue weighted by Gasteiger charge is -1.99. The maximum Gasteiger partial charge on any atom is 0.232 e. The van der Waals surface area contributed by atoms with Crippen LogP contribution < -0.4 is 4.74 Å². The molecule has 2 heterocycles. The number of rotatable bonds is 4. The van der Waals surface area contributed by atoms with E-state index in [4.69, 9.17) is 4.74 Å². The summed E-state index contributed by atoms with van der Waals surface area (Å²) < 4.78 is 5.01. The Morgan fingerprint density at radius 3 is 2.94 bits per heavy atom. The molecule has 2 N–H and O–H groups in total. The third-order valence-corrected chi connectivity index (χ3v) is 2.35. The summed E-state index contributed by atoms with van der Waals surface area (Å²) in [6.07, 6.45) is 3.08. The first kappa shape index (κ1) is 11.4. The Labute approximate surface area is 98.7 Å². The predicted octanol–water partition coefficient (Wildman–Crippen LogP) is 1.53. The minimum Gasteiger partial charge on any atom is -0.492 e. The van der Waals surface area contributed by atoms with Crippen LogP contribution in [-0.2, 0) is 6.42 Å². The molecule has 0 aliphatic heterocycles. The van der Waals surface area contributed by atoms with Crippen molar-refractivity contribution in [3.05, 3.63) is 18.1 Å². The van der Waals surface area contributed by atoms with E-state index >= 15 is 0 Å². The molecule has 0 unspecified atom stereocenters. The van der Waals surface area contributed by atoms with Gasteiger partial charge in [-0.2, -0.15) is 4.98 Å². The highest BCUT2D eigenvalue weighted by molar-refractivity contribution is 5.52. The minimum absolute atomic E-state index is 0.0272. The third kappa shape index (κ3) is 2.35. The van der Waals surface area contributed by atoms with Crippen LogP contribution in [0.25, 0.3) is 11.5 Å². The number of ether oxygens (including phenoxy) is 1. The fourth-order valence-electron chi connectivity index (χ4n) is 1.53. The number of H-pyrrole nitrogens is 1. The lowest BCUT2D eigenvalue weighted by atomic mass is 10.3. The zero-order chi connectivity index (χ0) is 12.3. The van der Waals surface area contributed by atoms with Crippen molar-refractivity contribution in [2.45, 2.75) is 19.8 Å². The number of methoxy groups -OCH3 is 1. The van der Waals surface area contributed by atoms with Gasteiger partial charge in [0.15, 0.2) is 5.82 Å². The summed E-state index contributed by atoms with van der Waals surface area (Å²) in [6.45, 7) is 2.04. The maximum atomic E-state index is 9.63. The van der Waals surface area contributed by atoms with Gasteiger partial charge in [0.1, 0.15) is 12.0 Å². The van der Waals surface area contributed by atoms with Crippen LogP contribution in [0.2, 0.25) is 0 Å². The molecule has 0 aliphatic rings. The fourth-order valence-corrected chi connectivity index (χ4v) is 1.53. The van der Waals surface area contributed by atoms with E-state index in [1.54, 1.807) is 6.07 Å². The summed E-state index contributed by atoms with van der Waals surface area (Å²) in [6, 6.07) is 1.66. The number of nitrogens with one attached hydrogen (secondary N) is 1. The van der Waals surface area contributed by atoms with Crippen LogP contribution in [0.4, 0.5) is 0 Å². The molecule has 0 saturated carbocycles. The van der Waals surface area contributed by atoms with Crippen LogP contribution >= 0.6 is 0 Å². The number of imidazole rings is 1. The van der Waals surface area contributed by atoms with E-state index in [1.807, 2.05) is 6.92 Å². The molecule has 0 atom stereocenters. The third-order valence-electron chi connectivity index (χ3n) is 2.35. The number of aromatic amines is 1.